The van der Waals surface area contributed by atoms with E-state index in [0.717, 1.165) is 28.2 Å². The fraction of sp³-hybridized carbons (Fsp3) is 0.227. The molecule has 0 unspecified atom stereocenters. The molecule has 0 aliphatic heterocycles. The summed E-state index contributed by atoms with van der Waals surface area (Å²) in [5.74, 6) is 1.17. The van der Waals surface area contributed by atoms with Crippen LogP contribution in [0.15, 0.2) is 59.4 Å². The Bertz CT molecular complexity index is 1080. The molecule has 7 heteroatoms. The van der Waals surface area contributed by atoms with Crippen LogP contribution in [0.2, 0.25) is 0 Å². The van der Waals surface area contributed by atoms with Crippen molar-refractivity contribution in [3.05, 3.63) is 83.1 Å². The molecular formula is C22H21N3O4. The summed E-state index contributed by atoms with van der Waals surface area (Å²) in [6, 6.07) is 13.1. The van der Waals surface area contributed by atoms with Crippen LogP contribution in [-0.4, -0.2) is 20.5 Å². The molecule has 0 saturated heterocycles. The molecule has 7 nitrogen and oxygen atoms in total. The molecule has 3 aromatic heterocycles. The summed E-state index contributed by atoms with van der Waals surface area (Å²) < 4.78 is 18.2. The third-order valence-corrected chi connectivity index (χ3v) is 4.63. The van der Waals surface area contributed by atoms with Gasteiger partial charge < -0.3 is 18.4 Å². The number of hydrogen-bond donors (Lipinski definition) is 0. The van der Waals surface area contributed by atoms with Crippen molar-refractivity contribution >= 4 is 11.6 Å². The summed E-state index contributed by atoms with van der Waals surface area (Å²) in [4.78, 5) is 16.6. The highest BCUT2D eigenvalue weighted by Crippen LogP contribution is 2.18. The monoisotopic (exact) mass is 391 g/mol. The number of nitrogens with zero attached hydrogens (tertiary/aromatic N) is 3. The first-order chi connectivity index (χ1) is 14.1. The molecule has 0 spiro atoms. The highest BCUT2D eigenvalue weighted by Gasteiger charge is 2.10. The van der Waals surface area contributed by atoms with Crippen molar-refractivity contribution in [2.45, 2.75) is 33.5 Å². The number of rotatable bonds is 7. The first-order valence-electron chi connectivity index (χ1n) is 9.30. The molecule has 0 amide bonds. The Hall–Kier alpha value is -3.61. The van der Waals surface area contributed by atoms with Gasteiger partial charge in [0.1, 0.15) is 30.4 Å². The zero-order chi connectivity index (χ0) is 20.2. The van der Waals surface area contributed by atoms with Crippen molar-refractivity contribution in [1.82, 2.24) is 14.5 Å². The van der Waals surface area contributed by atoms with Gasteiger partial charge >= 0.3 is 5.97 Å². The summed E-state index contributed by atoms with van der Waals surface area (Å²) in [5, 5.41) is 3.91. The van der Waals surface area contributed by atoms with Crippen LogP contribution in [0, 0.1) is 13.8 Å². The Labute approximate surface area is 167 Å². The summed E-state index contributed by atoms with van der Waals surface area (Å²) in [6.07, 6.45) is 3.95. The minimum Gasteiger partial charge on any atom is -0.489 e. The Morgan fingerprint density at radius 2 is 1.93 bits per heavy atom. The number of ether oxygens (including phenoxy) is 2. The van der Waals surface area contributed by atoms with Gasteiger partial charge in [0.05, 0.1) is 23.4 Å². The van der Waals surface area contributed by atoms with E-state index in [1.807, 2.05) is 73.1 Å². The number of pyridine rings is 1. The van der Waals surface area contributed by atoms with Crippen LogP contribution < -0.4 is 4.74 Å². The quantitative estimate of drug-likeness (QED) is 0.446. The molecule has 0 aliphatic rings. The largest absolute Gasteiger partial charge is 0.489 e. The number of carbonyl (C=O) groups excluding carboxylic acids is 1. The van der Waals surface area contributed by atoms with Crippen LogP contribution in [0.25, 0.3) is 5.65 Å². The van der Waals surface area contributed by atoms with Crippen LogP contribution in [0.4, 0.5) is 0 Å². The number of fused-ring (bicyclic) bond motifs is 1. The van der Waals surface area contributed by atoms with E-state index in [1.54, 1.807) is 0 Å². The van der Waals surface area contributed by atoms with Gasteiger partial charge in [-0.1, -0.05) is 23.4 Å². The lowest BCUT2D eigenvalue weighted by Gasteiger charge is -2.07. The van der Waals surface area contributed by atoms with Crippen molar-refractivity contribution in [3.63, 3.8) is 0 Å². The number of aromatic nitrogens is 3. The van der Waals surface area contributed by atoms with Gasteiger partial charge in [-0.25, -0.2) is 4.98 Å². The molecule has 1 aromatic carbocycles. The molecule has 0 N–H and O–H groups in total. The molecule has 29 heavy (non-hydrogen) atoms. The van der Waals surface area contributed by atoms with E-state index in [0.29, 0.717) is 18.1 Å². The zero-order valence-electron chi connectivity index (χ0n) is 16.3. The third kappa shape index (κ3) is 4.45. The van der Waals surface area contributed by atoms with Crippen LogP contribution in [0.3, 0.4) is 0 Å². The first-order valence-corrected chi connectivity index (χ1v) is 9.30. The lowest BCUT2D eigenvalue weighted by molar-refractivity contribution is -0.144. The van der Waals surface area contributed by atoms with Crippen molar-refractivity contribution < 1.29 is 18.8 Å². The molecule has 0 aliphatic carbocycles. The Morgan fingerprint density at radius 3 is 2.66 bits per heavy atom. The molecule has 0 bridgehead atoms. The standard InChI is InChI=1S/C22H21N3O4/c1-15-20(16(2)29-24-15)14-27-19-8-6-17(7-9-19)11-22(26)28-13-18-12-25-10-4-3-5-21(25)23-18/h3-10,12H,11,13-14H2,1-2H3. The fourth-order valence-electron chi connectivity index (χ4n) is 3.00. The topological polar surface area (TPSA) is 78.9 Å². The molecule has 0 fully saturated rings. The normalized spacial score (nSPS) is 11.0. The van der Waals surface area contributed by atoms with Gasteiger partial charge in [-0.05, 0) is 43.7 Å². The first kappa shape index (κ1) is 18.7. The summed E-state index contributed by atoms with van der Waals surface area (Å²) in [7, 11) is 0. The lowest BCUT2D eigenvalue weighted by atomic mass is 10.1. The van der Waals surface area contributed by atoms with Crippen LogP contribution >= 0.6 is 0 Å². The molecule has 4 rings (SSSR count). The van der Waals surface area contributed by atoms with Gasteiger partial charge in [0.25, 0.3) is 0 Å². The Kier molecular flexibility index (Phi) is 5.29. The number of carbonyl (C=O) groups is 1. The van der Waals surface area contributed by atoms with Gasteiger partial charge in [0, 0.05) is 12.4 Å². The van der Waals surface area contributed by atoms with Crippen LogP contribution in [0.5, 0.6) is 5.75 Å². The predicted octanol–water partition coefficient (Wildman–Crippen LogP) is 3.80. The van der Waals surface area contributed by atoms with E-state index in [9.17, 15) is 4.79 Å². The van der Waals surface area contributed by atoms with Crippen molar-refractivity contribution in [2.24, 2.45) is 0 Å². The van der Waals surface area contributed by atoms with E-state index >= 15 is 0 Å². The maximum atomic E-state index is 12.1. The Balaban J connectivity index is 1.28. The lowest BCUT2D eigenvalue weighted by Crippen LogP contribution is -2.08. The van der Waals surface area contributed by atoms with Gasteiger partial charge in [-0.15, -0.1) is 0 Å². The van der Waals surface area contributed by atoms with Gasteiger partial charge in [-0.3, -0.25) is 4.79 Å². The average Bonchev–Trinajstić information content (AvgIpc) is 3.28. The molecule has 4 aromatic rings. The highest BCUT2D eigenvalue weighted by molar-refractivity contribution is 5.72. The van der Waals surface area contributed by atoms with Crippen LogP contribution in [0.1, 0.15) is 28.3 Å². The van der Waals surface area contributed by atoms with E-state index in [-0.39, 0.29) is 19.0 Å². The molecule has 148 valence electrons. The summed E-state index contributed by atoms with van der Waals surface area (Å²) in [6.45, 7) is 4.29. The molecule has 3 heterocycles. The maximum absolute atomic E-state index is 12.1. The van der Waals surface area contributed by atoms with Gasteiger partial charge in [0.2, 0.25) is 0 Å². The van der Waals surface area contributed by atoms with E-state index in [1.165, 1.54) is 0 Å². The fourth-order valence-corrected chi connectivity index (χ4v) is 3.00. The third-order valence-electron chi connectivity index (χ3n) is 4.63. The molecule has 0 atom stereocenters. The van der Waals surface area contributed by atoms with E-state index in [4.69, 9.17) is 14.0 Å². The number of benzene rings is 1. The minimum atomic E-state index is -0.300. The SMILES string of the molecule is Cc1noc(C)c1COc1ccc(CC(=O)OCc2cn3ccccc3n2)cc1. The second-order valence-corrected chi connectivity index (χ2v) is 6.77. The van der Waals surface area contributed by atoms with Gasteiger partial charge in [0.15, 0.2) is 0 Å². The Morgan fingerprint density at radius 1 is 1.10 bits per heavy atom. The van der Waals surface area contributed by atoms with Crippen LogP contribution in [-0.2, 0) is 29.2 Å². The maximum Gasteiger partial charge on any atom is 0.310 e. The summed E-state index contributed by atoms with van der Waals surface area (Å²) in [5.41, 5.74) is 4.17. The molecule has 0 radical (unpaired) electrons. The number of esters is 1. The average molecular weight is 391 g/mol. The van der Waals surface area contributed by atoms with E-state index in [2.05, 4.69) is 10.1 Å². The summed E-state index contributed by atoms with van der Waals surface area (Å²) >= 11 is 0. The zero-order valence-corrected chi connectivity index (χ0v) is 16.3. The second kappa shape index (κ2) is 8.18. The number of hydrogen-bond acceptors (Lipinski definition) is 6. The van der Waals surface area contributed by atoms with Crippen molar-refractivity contribution in [2.75, 3.05) is 0 Å². The van der Waals surface area contributed by atoms with Crippen molar-refractivity contribution in [3.8, 4) is 5.75 Å². The number of imidazole rings is 1. The minimum absolute atomic E-state index is 0.152. The van der Waals surface area contributed by atoms with Gasteiger partial charge in [-0.2, -0.15) is 0 Å². The molecular weight excluding hydrogens is 370 g/mol. The molecule has 0 saturated carbocycles. The smallest absolute Gasteiger partial charge is 0.310 e. The van der Waals surface area contributed by atoms with E-state index < -0.39 is 0 Å². The van der Waals surface area contributed by atoms with Crippen molar-refractivity contribution in [1.29, 1.82) is 0 Å². The predicted molar refractivity (Wildman–Crippen MR) is 105 cm³/mol. The second-order valence-electron chi connectivity index (χ2n) is 6.77. The highest BCUT2D eigenvalue weighted by atomic mass is 16.5. The number of aryl methyl sites for hydroxylation is 2.